The lowest BCUT2D eigenvalue weighted by Crippen LogP contribution is -2.66. The quantitative estimate of drug-likeness (QED) is 0.176. The maximum Gasteiger partial charge on any atom is 0.261 e. The van der Waals surface area contributed by atoms with Gasteiger partial charge in [-0.1, -0.05) is 132 Å². The molecule has 1 N–H and O–H groups in total. The number of methoxy groups -OCH3 is 1. The fourth-order valence-corrected chi connectivity index (χ4v) is 10.2. The number of benzene rings is 3. The molecule has 0 spiro atoms. The van der Waals surface area contributed by atoms with Gasteiger partial charge in [0.2, 0.25) is 0 Å². The molecule has 0 aromatic heterocycles. The molecule has 0 unspecified atom stereocenters. The van der Waals surface area contributed by atoms with E-state index in [-0.39, 0.29) is 23.3 Å². The second kappa shape index (κ2) is 15.6. The van der Waals surface area contributed by atoms with E-state index < -0.39 is 26.4 Å². The van der Waals surface area contributed by atoms with Crippen molar-refractivity contribution in [1.29, 1.82) is 0 Å². The van der Waals surface area contributed by atoms with Crippen molar-refractivity contribution in [3.63, 3.8) is 0 Å². The molecule has 0 aliphatic carbocycles. The summed E-state index contributed by atoms with van der Waals surface area (Å²) in [5, 5.41) is 13.5. The highest BCUT2D eigenvalue weighted by Crippen LogP contribution is 2.37. The van der Waals surface area contributed by atoms with Crippen LogP contribution in [0, 0.1) is 11.8 Å². The molecule has 3 aromatic carbocycles. The third-order valence-corrected chi connectivity index (χ3v) is 12.8. The van der Waals surface area contributed by atoms with Crippen LogP contribution in [0.25, 0.3) is 0 Å². The lowest BCUT2D eigenvalue weighted by atomic mass is 9.93. The predicted octanol–water partition coefficient (Wildman–Crippen LogP) is 5.94. The van der Waals surface area contributed by atoms with E-state index in [9.17, 15) is 9.90 Å². The molecule has 0 saturated carbocycles. The minimum atomic E-state index is -2.67. The zero-order chi connectivity index (χ0) is 30.8. The molecule has 0 amide bonds. The number of aliphatic hydroxyl groups is 1. The third kappa shape index (κ3) is 8.36. The summed E-state index contributed by atoms with van der Waals surface area (Å²) < 4.78 is 18.4. The number of carbonyl (C=O) groups is 1. The van der Waals surface area contributed by atoms with Crippen LogP contribution in [0.15, 0.2) is 103 Å². The second-order valence-corrected chi connectivity index (χ2v) is 16.6. The molecule has 0 saturated heterocycles. The van der Waals surface area contributed by atoms with Gasteiger partial charge >= 0.3 is 0 Å². The van der Waals surface area contributed by atoms with Crippen LogP contribution in [-0.2, 0) is 25.3 Å². The van der Waals surface area contributed by atoms with Crippen LogP contribution in [0.2, 0.25) is 5.04 Å². The van der Waals surface area contributed by atoms with Gasteiger partial charge in [-0.2, -0.15) is 0 Å². The number of hydrogen-bond acceptors (Lipinski definition) is 5. The maximum atomic E-state index is 13.2. The number of aliphatic hydroxyl groups excluding tert-OH is 1. The fraction of sp³-hybridized carbons (Fsp3) is 0.417. The van der Waals surface area contributed by atoms with Gasteiger partial charge in [0.1, 0.15) is 12.2 Å². The first-order valence-electron chi connectivity index (χ1n) is 14.8. The zero-order valence-electron chi connectivity index (χ0n) is 26.2. The van der Waals surface area contributed by atoms with Crippen molar-refractivity contribution in [1.82, 2.24) is 0 Å². The van der Waals surface area contributed by atoms with Crippen LogP contribution in [0.5, 0.6) is 0 Å². The highest BCUT2D eigenvalue weighted by atomic mass is 28.4. The molecule has 0 aliphatic heterocycles. The Hall–Kier alpha value is -2.87. The van der Waals surface area contributed by atoms with Crippen molar-refractivity contribution in [2.75, 3.05) is 20.3 Å². The Labute approximate surface area is 253 Å². The Bertz CT molecular complexity index is 1210. The van der Waals surface area contributed by atoms with Gasteiger partial charge in [-0.05, 0) is 39.4 Å². The molecule has 3 aromatic rings. The average molecular weight is 589 g/mol. The van der Waals surface area contributed by atoms with E-state index in [0.29, 0.717) is 18.8 Å². The Balaban J connectivity index is 1.72. The Morgan fingerprint density at radius 2 is 1.36 bits per heavy atom. The lowest BCUT2D eigenvalue weighted by Gasteiger charge is -2.43. The summed E-state index contributed by atoms with van der Waals surface area (Å²) in [6.45, 7) is 13.7. The molecule has 0 aliphatic rings. The smallest absolute Gasteiger partial charge is 0.261 e. The number of rotatable bonds is 15. The largest absolute Gasteiger partial charge is 0.407 e. The summed E-state index contributed by atoms with van der Waals surface area (Å²) >= 11 is 0. The van der Waals surface area contributed by atoms with Crippen molar-refractivity contribution >= 4 is 24.5 Å². The first-order chi connectivity index (χ1) is 20.0. The molecule has 3 rings (SSSR count). The van der Waals surface area contributed by atoms with Gasteiger partial charge in [0, 0.05) is 19.6 Å². The molecule has 4 atom stereocenters. The first-order valence-corrected chi connectivity index (χ1v) is 16.7. The van der Waals surface area contributed by atoms with Crippen molar-refractivity contribution in [3.05, 3.63) is 108 Å². The van der Waals surface area contributed by atoms with Gasteiger partial charge in [0.25, 0.3) is 8.32 Å². The third-order valence-electron chi connectivity index (χ3n) is 7.78. The summed E-state index contributed by atoms with van der Waals surface area (Å²) in [6, 6.07) is 31.0. The van der Waals surface area contributed by atoms with Crippen LogP contribution in [0.4, 0.5) is 0 Å². The first kappa shape index (κ1) is 33.6. The van der Waals surface area contributed by atoms with Gasteiger partial charge in [0.05, 0.1) is 13.2 Å². The number of hydrogen-bond donors (Lipinski definition) is 1. The van der Waals surface area contributed by atoms with Crippen molar-refractivity contribution in [2.24, 2.45) is 11.8 Å². The molecule has 6 heteroatoms. The topological polar surface area (TPSA) is 65.0 Å². The molecule has 0 heterocycles. The zero-order valence-corrected chi connectivity index (χ0v) is 27.2. The van der Waals surface area contributed by atoms with E-state index in [1.54, 1.807) is 0 Å². The summed E-state index contributed by atoms with van der Waals surface area (Å²) in [5.74, 6) is -0.598. The molecule has 226 valence electrons. The highest BCUT2D eigenvalue weighted by molar-refractivity contribution is 6.99. The van der Waals surface area contributed by atoms with Crippen LogP contribution in [0.1, 0.15) is 47.1 Å². The molecule has 42 heavy (non-hydrogen) atoms. The second-order valence-electron chi connectivity index (χ2n) is 12.3. The molecular formula is C36H48O5Si. The normalized spacial score (nSPS) is 15.6. The van der Waals surface area contributed by atoms with E-state index in [1.807, 2.05) is 62.4 Å². The standard InChI is InChI=1S/C36H48O5Si/c1-27(24-41-42(36(4,5)6,31-19-13-9-14-20-31)32-21-15-10-16-22-32)23-28(2)33(37)35(39-7)34(38)29(3)25-40-26-30-17-11-8-12-18-30/h8-23,27,29,33,35,37H,24-26H2,1-7H3/b28-23+/t27-,29-,33-,35-/m1/s1. The number of carbonyl (C=O) groups excluding carboxylic acids is 1. The van der Waals surface area contributed by atoms with Gasteiger partial charge in [0.15, 0.2) is 5.78 Å². The minimum Gasteiger partial charge on any atom is -0.407 e. The average Bonchev–Trinajstić information content (AvgIpc) is 2.98. The van der Waals surface area contributed by atoms with E-state index in [0.717, 1.165) is 5.56 Å². The molecule has 0 fully saturated rings. The summed E-state index contributed by atoms with van der Waals surface area (Å²) in [6.07, 6.45) is -0.0333. The number of Topliss-reactive ketones (excluding diaryl/α,β-unsaturated/α-hetero) is 1. The summed E-state index contributed by atoms with van der Waals surface area (Å²) in [7, 11) is -1.21. The SMILES string of the molecule is CO[C@@H](C(=O)[C@H](C)COCc1ccccc1)[C@H](O)/C(C)=C/[C@@H](C)CO[Si](c1ccccc1)(c1ccccc1)C(C)(C)C. The lowest BCUT2D eigenvalue weighted by molar-refractivity contribution is -0.139. The fourth-order valence-electron chi connectivity index (χ4n) is 5.54. The van der Waals surface area contributed by atoms with Gasteiger partial charge < -0.3 is 19.0 Å². The molecule has 5 nitrogen and oxygen atoms in total. The van der Waals surface area contributed by atoms with Crippen molar-refractivity contribution in [2.45, 2.75) is 65.4 Å². The molecule has 0 radical (unpaired) electrons. The van der Waals surface area contributed by atoms with Crippen LogP contribution in [0.3, 0.4) is 0 Å². The molecular weight excluding hydrogens is 540 g/mol. The number of ketones is 1. The summed E-state index contributed by atoms with van der Waals surface area (Å²) in [5.41, 5.74) is 1.74. The Kier molecular flexibility index (Phi) is 12.5. The van der Waals surface area contributed by atoms with E-state index >= 15 is 0 Å². The van der Waals surface area contributed by atoms with Gasteiger partial charge in [-0.15, -0.1) is 0 Å². The summed E-state index contributed by atoms with van der Waals surface area (Å²) in [4.78, 5) is 13.2. The van der Waals surface area contributed by atoms with Crippen molar-refractivity contribution in [3.8, 4) is 0 Å². The van der Waals surface area contributed by atoms with Crippen LogP contribution < -0.4 is 10.4 Å². The van der Waals surface area contributed by atoms with Crippen LogP contribution in [-0.4, -0.2) is 51.7 Å². The van der Waals surface area contributed by atoms with Gasteiger partial charge in [-0.3, -0.25) is 4.79 Å². The highest BCUT2D eigenvalue weighted by Gasteiger charge is 2.50. The van der Waals surface area contributed by atoms with Crippen LogP contribution >= 0.6 is 0 Å². The Morgan fingerprint density at radius 1 is 0.857 bits per heavy atom. The van der Waals surface area contributed by atoms with E-state index in [4.69, 9.17) is 13.9 Å². The van der Waals surface area contributed by atoms with Gasteiger partial charge in [-0.25, -0.2) is 0 Å². The monoisotopic (exact) mass is 588 g/mol. The predicted molar refractivity (Wildman–Crippen MR) is 174 cm³/mol. The van der Waals surface area contributed by atoms with E-state index in [2.05, 4.69) is 76.2 Å². The minimum absolute atomic E-state index is 0.000497. The number of ether oxygens (including phenoxy) is 2. The molecule has 0 bridgehead atoms. The van der Waals surface area contributed by atoms with Crippen molar-refractivity contribution < 1.29 is 23.8 Å². The Morgan fingerprint density at radius 3 is 1.83 bits per heavy atom. The van der Waals surface area contributed by atoms with E-state index in [1.165, 1.54) is 17.5 Å². The maximum absolute atomic E-state index is 13.2.